The molecule has 2 aromatic carbocycles. The van der Waals surface area contributed by atoms with Crippen LogP contribution in [0.5, 0.6) is 11.5 Å². The third-order valence-corrected chi connectivity index (χ3v) is 7.21. The molecule has 0 fully saturated rings. The van der Waals surface area contributed by atoms with Crippen LogP contribution in [-0.2, 0) is 9.53 Å². The van der Waals surface area contributed by atoms with E-state index in [1.54, 1.807) is 12.1 Å². The number of thiazole rings is 1. The molecule has 0 saturated heterocycles. The van der Waals surface area contributed by atoms with Crippen molar-refractivity contribution in [3.8, 4) is 17.6 Å². The van der Waals surface area contributed by atoms with Crippen LogP contribution in [-0.4, -0.2) is 31.4 Å². The van der Waals surface area contributed by atoms with Crippen molar-refractivity contribution in [1.29, 1.82) is 5.26 Å². The summed E-state index contributed by atoms with van der Waals surface area (Å²) < 4.78 is 19.0. The van der Waals surface area contributed by atoms with E-state index >= 15 is 0 Å². The molecule has 10 heteroatoms. The summed E-state index contributed by atoms with van der Waals surface area (Å²) >= 11 is 3.38. The van der Waals surface area contributed by atoms with Crippen LogP contribution in [0.15, 0.2) is 63.5 Å². The average Bonchev–Trinajstić information content (AvgIpc) is 3.21. The van der Waals surface area contributed by atoms with Crippen molar-refractivity contribution in [2.75, 3.05) is 20.8 Å². The summed E-state index contributed by atoms with van der Waals surface area (Å²) in [6.45, 7) is 1.74. The number of fused-ring (bicyclic) bond motifs is 1. The number of esters is 1. The molecule has 1 aromatic heterocycles. The Bertz CT molecular complexity index is 1570. The minimum atomic E-state index is -0.674. The van der Waals surface area contributed by atoms with Crippen molar-refractivity contribution >= 4 is 46.0 Å². The number of ether oxygens (including phenoxy) is 3. The predicted octanol–water partition coefficient (Wildman–Crippen LogP) is 3.31. The number of nitriles is 1. The summed E-state index contributed by atoms with van der Waals surface area (Å²) in [5.74, 6) is 0.308. The SMILES string of the molecule is CCC1=C(C(=O)OC)[C@H](c2ccccc2)n2c(s/c(=C/c3cc(I)cc(OC)c3OCC#N)c2=O)=N1. The number of nitrogens with zero attached hydrogens (tertiary/aromatic N) is 3. The van der Waals surface area contributed by atoms with Gasteiger partial charge in [0.1, 0.15) is 6.07 Å². The first-order chi connectivity index (χ1) is 17.4. The van der Waals surface area contributed by atoms with E-state index in [9.17, 15) is 9.59 Å². The monoisotopic (exact) mass is 615 g/mol. The van der Waals surface area contributed by atoms with Crippen LogP contribution >= 0.6 is 33.9 Å². The van der Waals surface area contributed by atoms with Gasteiger partial charge in [0.15, 0.2) is 22.9 Å². The first kappa shape index (κ1) is 25.7. The van der Waals surface area contributed by atoms with E-state index in [1.807, 2.05) is 49.4 Å². The highest BCUT2D eigenvalue weighted by Gasteiger charge is 2.33. The van der Waals surface area contributed by atoms with E-state index in [2.05, 4.69) is 27.6 Å². The first-order valence-corrected chi connectivity index (χ1v) is 12.9. The van der Waals surface area contributed by atoms with Gasteiger partial charge in [-0.25, -0.2) is 9.79 Å². The lowest BCUT2D eigenvalue weighted by molar-refractivity contribution is -0.136. The predicted molar refractivity (Wildman–Crippen MR) is 144 cm³/mol. The van der Waals surface area contributed by atoms with E-state index in [0.29, 0.717) is 44.1 Å². The van der Waals surface area contributed by atoms with E-state index in [0.717, 1.165) is 9.13 Å². The molecule has 8 nitrogen and oxygen atoms in total. The third kappa shape index (κ3) is 4.81. The maximum absolute atomic E-state index is 13.8. The maximum Gasteiger partial charge on any atom is 0.338 e. The van der Waals surface area contributed by atoms with Crippen molar-refractivity contribution in [2.45, 2.75) is 19.4 Å². The van der Waals surface area contributed by atoms with Crippen molar-refractivity contribution in [3.63, 3.8) is 0 Å². The molecule has 1 atom stereocenters. The molecule has 0 unspecified atom stereocenters. The largest absolute Gasteiger partial charge is 0.493 e. The molecule has 36 heavy (non-hydrogen) atoms. The van der Waals surface area contributed by atoms with Gasteiger partial charge in [-0.1, -0.05) is 48.6 Å². The molecule has 0 radical (unpaired) electrons. The van der Waals surface area contributed by atoms with Crippen LogP contribution in [0.2, 0.25) is 0 Å². The summed E-state index contributed by atoms with van der Waals surface area (Å²) in [4.78, 5) is 31.8. The fraction of sp³-hybridized carbons (Fsp3) is 0.231. The number of aromatic nitrogens is 1. The number of halogens is 1. The standard InChI is InChI=1S/C26H22IN3O5S/c1-4-18-21(25(32)34-3)22(15-8-6-5-7-9-15)30-24(31)20(36-26(30)29-18)13-16-12-17(27)14-19(33-2)23(16)35-11-10-28/h5-9,12-14,22H,4,11H2,1-3H3/b20-13+/t22-/m0/s1. The average molecular weight is 615 g/mol. The molecule has 0 saturated carbocycles. The highest BCUT2D eigenvalue weighted by atomic mass is 127. The highest BCUT2D eigenvalue weighted by molar-refractivity contribution is 14.1. The second-order valence-electron chi connectivity index (χ2n) is 7.67. The zero-order valence-electron chi connectivity index (χ0n) is 19.8. The van der Waals surface area contributed by atoms with Gasteiger partial charge in [0.25, 0.3) is 5.56 Å². The molecule has 0 N–H and O–H groups in total. The van der Waals surface area contributed by atoms with Crippen LogP contribution in [0.25, 0.3) is 6.08 Å². The number of carbonyl (C=O) groups is 1. The molecule has 0 spiro atoms. The lowest BCUT2D eigenvalue weighted by Gasteiger charge is -2.25. The summed E-state index contributed by atoms with van der Waals surface area (Å²) in [5, 5.41) is 9.02. The number of methoxy groups -OCH3 is 2. The molecule has 1 aliphatic heterocycles. The molecular weight excluding hydrogens is 593 g/mol. The topological polar surface area (TPSA) is 103 Å². The van der Waals surface area contributed by atoms with Gasteiger partial charge < -0.3 is 14.2 Å². The number of allylic oxidation sites excluding steroid dienone is 1. The Kier molecular flexibility index (Phi) is 7.91. The minimum absolute atomic E-state index is 0.171. The third-order valence-electron chi connectivity index (χ3n) is 5.60. The fourth-order valence-electron chi connectivity index (χ4n) is 4.06. The van der Waals surface area contributed by atoms with Gasteiger partial charge in [0.2, 0.25) is 0 Å². The number of hydrogen-bond donors (Lipinski definition) is 0. The molecule has 0 amide bonds. The quantitative estimate of drug-likeness (QED) is 0.299. The zero-order chi connectivity index (χ0) is 25.8. The second kappa shape index (κ2) is 11.1. The number of hydrogen-bond acceptors (Lipinski definition) is 8. The lowest BCUT2D eigenvalue weighted by atomic mass is 9.95. The van der Waals surface area contributed by atoms with Gasteiger partial charge in [0.05, 0.1) is 36.1 Å². The van der Waals surface area contributed by atoms with Crippen molar-refractivity contribution in [2.24, 2.45) is 4.99 Å². The Hall–Kier alpha value is -3.43. The van der Waals surface area contributed by atoms with Crippen LogP contribution in [0.4, 0.5) is 0 Å². The zero-order valence-corrected chi connectivity index (χ0v) is 22.8. The normalized spacial score (nSPS) is 15.1. The Morgan fingerprint density at radius 2 is 2.03 bits per heavy atom. The summed E-state index contributed by atoms with van der Waals surface area (Å²) in [5.41, 5.74) is 2.00. The van der Waals surface area contributed by atoms with E-state index < -0.39 is 12.0 Å². The van der Waals surface area contributed by atoms with E-state index in [4.69, 9.17) is 19.5 Å². The van der Waals surface area contributed by atoms with Crippen molar-refractivity contribution < 1.29 is 19.0 Å². The molecule has 2 heterocycles. The maximum atomic E-state index is 13.8. The Morgan fingerprint density at radius 3 is 2.67 bits per heavy atom. The van der Waals surface area contributed by atoms with Crippen LogP contribution in [0.1, 0.15) is 30.5 Å². The summed E-state index contributed by atoms with van der Waals surface area (Å²) in [6, 6.07) is 14.3. The molecule has 184 valence electrons. The van der Waals surface area contributed by atoms with Gasteiger partial charge in [0, 0.05) is 9.13 Å². The summed E-state index contributed by atoms with van der Waals surface area (Å²) in [7, 11) is 2.84. The lowest BCUT2D eigenvalue weighted by Crippen LogP contribution is -2.40. The molecular formula is C26H22IN3O5S. The molecule has 4 rings (SSSR count). The number of carbonyl (C=O) groups excluding carboxylic acids is 1. The highest BCUT2D eigenvalue weighted by Crippen LogP contribution is 2.34. The molecule has 0 aliphatic carbocycles. The smallest absolute Gasteiger partial charge is 0.338 e. The van der Waals surface area contributed by atoms with Crippen LogP contribution < -0.4 is 24.4 Å². The molecule has 1 aliphatic rings. The Balaban J connectivity index is 2.00. The van der Waals surface area contributed by atoms with Crippen molar-refractivity contribution in [3.05, 3.63) is 88.1 Å². The van der Waals surface area contributed by atoms with Crippen LogP contribution in [0, 0.1) is 14.9 Å². The van der Waals surface area contributed by atoms with Gasteiger partial charge in [-0.2, -0.15) is 5.26 Å². The van der Waals surface area contributed by atoms with Crippen LogP contribution in [0.3, 0.4) is 0 Å². The van der Waals surface area contributed by atoms with Gasteiger partial charge in [-0.15, -0.1) is 0 Å². The number of benzene rings is 2. The van der Waals surface area contributed by atoms with Gasteiger partial charge in [-0.05, 0) is 52.8 Å². The summed E-state index contributed by atoms with van der Waals surface area (Å²) in [6.07, 6.45) is 2.20. The fourth-order valence-corrected chi connectivity index (χ4v) is 5.69. The van der Waals surface area contributed by atoms with Crippen molar-refractivity contribution in [1.82, 2.24) is 4.57 Å². The molecule has 0 bridgehead atoms. The second-order valence-corrected chi connectivity index (χ2v) is 9.93. The minimum Gasteiger partial charge on any atom is -0.493 e. The van der Waals surface area contributed by atoms with E-state index in [-0.39, 0.29) is 12.2 Å². The Labute approximate surface area is 224 Å². The number of rotatable bonds is 7. The Morgan fingerprint density at radius 1 is 1.28 bits per heavy atom. The van der Waals surface area contributed by atoms with Gasteiger partial charge >= 0.3 is 5.97 Å². The molecule has 3 aromatic rings. The van der Waals surface area contributed by atoms with E-state index in [1.165, 1.54) is 30.1 Å². The van der Waals surface area contributed by atoms with Gasteiger partial charge in [-0.3, -0.25) is 9.36 Å². The first-order valence-electron chi connectivity index (χ1n) is 11.0.